The number of rotatable bonds is 5. The van der Waals surface area contributed by atoms with Gasteiger partial charge in [-0.05, 0) is 47.9 Å². The first-order valence-electron chi connectivity index (χ1n) is 10.7. The minimum atomic E-state index is -0.240. The molecule has 0 spiro atoms. The second kappa shape index (κ2) is 9.13. The van der Waals surface area contributed by atoms with Crippen LogP contribution in [0.5, 0.6) is 0 Å². The topological polar surface area (TPSA) is 118 Å². The Bertz CT molecular complexity index is 1390. The van der Waals surface area contributed by atoms with Crippen molar-refractivity contribution in [2.24, 2.45) is 0 Å². The first kappa shape index (κ1) is 22.5. The fraction of sp³-hybridized carbons (Fsp3) is 0.208. The molecule has 174 valence electrons. The number of nitrogens with two attached hydrogens (primary N) is 1. The fourth-order valence-electron chi connectivity index (χ4n) is 4.24. The van der Waals surface area contributed by atoms with Crippen LogP contribution in [-0.2, 0) is 6.61 Å². The van der Waals surface area contributed by atoms with Gasteiger partial charge in [0.2, 0.25) is 0 Å². The Labute approximate surface area is 205 Å². The van der Waals surface area contributed by atoms with Crippen LogP contribution in [0.3, 0.4) is 0 Å². The van der Waals surface area contributed by atoms with E-state index in [0.717, 1.165) is 29.8 Å². The average molecular weight is 498 g/mol. The van der Waals surface area contributed by atoms with Crippen LogP contribution in [0.15, 0.2) is 53.3 Å². The largest absolute Gasteiger partial charge is 0.392 e. The number of nitrogen functional groups attached to an aromatic ring is 1. The van der Waals surface area contributed by atoms with Gasteiger partial charge in [0.05, 0.1) is 33.3 Å². The van der Waals surface area contributed by atoms with Crippen molar-refractivity contribution in [1.29, 1.82) is 0 Å². The third-order valence-electron chi connectivity index (χ3n) is 5.97. The molecule has 5 rings (SSSR count). The van der Waals surface area contributed by atoms with Crippen LogP contribution < -0.4 is 16.0 Å². The lowest BCUT2D eigenvalue weighted by Gasteiger charge is -2.19. The van der Waals surface area contributed by atoms with Gasteiger partial charge in [0.1, 0.15) is 0 Å². The molecule has 4 N–H and O–H groups in total. The van der Waals surface area contributed by atoms with Gasteiger partial charge in [-0.1, -0.05) is 34.4 Å². The van der Waals surface area contributed by atoms with Crippen molar-refractivity contribution in [1.82, 2.24) is 15.5 Å². The van der Waals surface area contributed by atoms with Crippen molar-refractivity contribution in [2.75, 3.05) is 23.7 Å². The first-order chi connectivity index (χ1) is 16.4. The SMILES string of the molecule is Nc1noc2c(N3CC[C@@H](NC(=O)c4ccc(-c5cncc(CO)c5)cc4Cl)C3)ccc(Cl)c12. The number of aliphatic hydroxyl groups excluding tert-OH is 1. The van der Waals surface area contributed by atoms with E-state index < -0.39 is 0 Å². The van der Waals surface area contributed by atoms with Crippen LogP contribution in [0, 0.1) is 0 Å². The number of aromatic nitrogens is 2. The number of amides is 1. The van der Waals surface area contributed by atoms with Crippen molar-refractivity contribution >= 4 is 51.6 Å². The minimum Gasteiger partial charge on any atom is -0.392 e. The van der Waals surface area contributed by atoms with Crippen LogP contribution >= 0.6 is 23.2 Å². The normalized spacial score (nSPS) is 15.7. The highest BCUT2D eigenvalue weighted by Gasteiger charge is 2.28. The van der Waals surface area contributed by atoms with Gasteiger partial charge in [-0.3, -0.25) is 9.78 Å². The van der Waals surface area contributed by atoms with E-state index in [1.165, 1.54) is 0 Å². The molecule has 0 saturated carbocycles. The molecule has 8 nitrogen and oxygen atoms in total. The summed E-state index contributed by atoms with van der Waals surface area (Å²) in [5.41, 5.74) is 9.98. The molecule has 2 aromatic heterocycles. The lowest BCUT2D eigenvalue weighted by Crippen LogP contribution is -2.37. The van der Waals surface area contributed by atoms with E-state index in [1.807, 2.05) is 18.2 Å². The van der Waals surface area contributed by atoms with Gasteiger partial charge in [-0.25, -0.2) is 0 Å². The van der Waals surface area contributed by atoms with E-state index in [1.54, 1.807) is 30.6 Å². The van der Waals surface area contributed by atoms with Gasteiger partial charge in [0.15, 0.2) is 11.4 Å². The third-order valence-corrected chi connectivity index (χ3v) is 6.59. The summed E-state index contributed by atoms with van der Waals surface area (Å²) in [6, 6.07) is 10.7. The lowest BCUT2D eigenvalue weighted by atomic mass is 10.0. The molecule has 3 heterocycles. The molecular weight excluding hydrogens is 477 g/mol. The second-order valence-electron chi connectivity index (χ2n) is 8.18. The van der Waals surface area contributed by atoms with Gasteiger partial charge in [0.25, 0.3) is 5.91 Å². The molecule has 0 bridgehead atoms. The third kappa shape index (κ3) is 4.16. The summed E-state index contributed by atoms with van der Waals surface area (Å²) < 4.78 is 5.41. The van der Waals surface area contributed by atoms with Crippen molar-refractivity contribution in [3.8, 4) is 11.1 Å². The van der Waals surface area contributed by atoms with Crippen LogP contribution in [0.4, 0.5) is 11.5 Å². The Morgan fingerprint density at radius 2 is 2.03 bits per heavy atom. The molecule has 0 aliphatic carbocycles. The van der Waals surface area contributed by atoms with Crippen molar-refractivity contribution in [3.05, 3.63) is 70.0 Å². The zero-order chi connectivity index (χ0) is 23.8. The molecule has 1 aliphatic heterocycles. The lowest BCUT2D eigenvalue weighted by molar-refractivity contribution is 0.0940. The zero-order valence-corrected chi connectivity index (χ0v) is 19.5. The highest BCUT2D eigenvalue weighted by Crippen LogP contribution is 2.37. The predicted molar refractivity (Wildman–Crippen MR) is 132 cm³/mol. The highest BCUT2D eigenvalue weighted by atomic mass is 35.5. The van der Waals surface area contributed by atoms with Crippen molar-refractivity contribution in [3.63, 3.8) is 0 Å². The maximum atomic E-state index is 13.0. The summed E-state index contributed by atoms with van der Waals surface area (Å²) in [5, 5.41) is 17.7. The molecule has 1 fully saturated rings. The van der Waals surface area contributed by atoms with Gasteiger partial charge in [-0.2, -0.15) is 0 Å². The Balaban J connectivity index is 1.30. The number of nitrogens with one attached hydrogen (secondary N) is 1. The monoisotopic (exact) mass is 497 g/mol. The molecule has 1 saturated heterocycles. The number of fused-ring (bicyclic) bond motifs is 1. The van der Waals surface area contributed by atoms with Crippen molar-refractivity contribution in [2.45, 2.75) is 19.1 Å². The van der Waals surface area contributed by atoms with Gasteiger partial charge in [-0.15, -0.1) is 0 Å². The Morgan fingerprint density at radius 1 is 1.18 bits per heavy atom. The van der Waals surface area contributed by atoms with E-state index in [0.29, 0.717) is 38.7 Å². The number of nitrogens with zero attached hydrogens (tertiary/aromatic N) is 3. The number of anilines is 2. The molecular formula is C24H21Cl2N5O3. The molecule has 1 atom stereocenters. The maximum Gasteiger partial charge on any atom is 0.253 e. The van der Waals surface area contributed by atoms with Crippen molar-refractivity contribution < 1.29 is 14.4 Å². The number of benzene rings is 2. The molecule has 4 aromatic rings. The van der Waals surface area contributed by atoms with E-state index in [9.17, 15) is 9.90 Å². The predicted octanol–water partition coefficient (Wildman–Crippen LogP) is 4.28. The number of hydrogen-bond donors (Lipinski definition) is 3. The zero-order valence-electron chi connectivity index (χ0n) is 18.0. The van der Waals surface area contributed by atoms with Gasteiger partial charge >= 0.3 is 0 Å². The number of carbonyl (C=O) groups is 1. The van der Waals surface area contributed by atoms with Gasteiger partial charge < -0.3 is 25.6 Å². The summed E-state index contributed by atoms with van der Waals surface area (Å²) in [7, 11) is 0. The molecule has 10 heteroatoms. The number of halogens is 2. The molecule has 34 heavy (non-hydrogen) atoms. The Hall–Kier alpha value is -3.33. The van der Waals surface area contributed by atoms with Gasteiger partial charge in [0, 0.05) is 37.1 Å². The summed E-state index contributed by atoms with van der Waals surface area (Å²) >= 11 is 12.7. The quantitative estimate of drug-likeness (QED) is 0.376. The number of pyridine rings is 1. The number of hydrogen-bond acceptors (Lipinski definition) is 7. The number of carbonyl (C=O) groups excluding carboxylic acids is 1. The fourth-order valence-corrected chi connectivity index (χ4v) is 4.75. The minimum absolute atomic E-state index is 0.0697. The van der Waals surface area contributed by atoms with Crippen LogP contribution in [0.1, 0.15) is 22.3 Å². The molecule has 0 radical (unpaired) electrons. The van der Waals surface area contributed by atoms with E-state index >= 15 is 0 Å². The standard InChI is InChI=1S/C24H21Cl2N5O3/c25-18-3-4-20(22-21(18)23(27)30-34-22)31-6-5-16(11-31)29-24(33)17-2-1-14(8-19(17)26)15-7-13(12-32)9-28-10-15/h1-4,7-10,16,32H,5-6,11-12H2,(H2,27,30)(H,29,33)/t16-/m1/s1. The molecule has 0 unspecified atom stereocenters. The van der Waals surface area contributed by atoms with Crippen LogP contribution in [-0.4, -0.2) is 40.3 Å². The highest BCUT2D eigenvalue weighted by molar-refractivity contribution is 6.36. The Kier molecular flexibility index (Phi) is 6.03. The van der Waals surface area contributed by atoms with E-state index in [4.69, 9.17) is 33.5 Å². The van der Waals surface area contributed by atoms with E-state index in [-0.39, 0.29) is 24.4 Å². The maximum absolute atomic E-state index is 13.0. The van der Waals surface area contributed by atoms with E-state index in [2.05, 4.69) is 20.4 Å². The molecule has 1 aliphatic rings. The van der Waals surface area contributed by atoms with Crippen LogP contribution in [0.2, 0.25) is 10.0 Å². The van der Waals surface area contributed by atoms with Crippen LogP contribution in [0.25, 0.3) is 22.1 Å². The summed E-state index contributed by atoms with van der Waals surface area (Å²) in [6.07, 6.45) is 4.05. The molecule has 1 amide bonds. The Morgan fingerprint density at radius 3 is 2.82 bits per heavy atom. The summed E-state index contributed by atoms with van der Waals surface area (Å²) in [6.45, 7) is 1.22. The summed E-state index contributed by atoms with van der Waals surface area (Å²) in [5.74, 6) is 0.0126. The second-order valence-corrected chi connectivity index (χ2v) is 8.99. The number of aliphatic hydroxyl groups is 1. The first-order valence-corrected chi connectivity index (χ1v) is 11.4. The average Bonchev–Trinajstić information content (AvgIpc) is 3.46. The molecule has 2 aromatic carbocycles. The summed E-state index contributed by atoms with van der Waals surface area (Å²) in [4.78, 5) is 19.2. The smallest absolute Gasteiger partial charge is 0.253 e.